The number of aromatic carboxylic acids is 1. The molecule has 0 aromatic carbocycles. The van der Waals surface area contributed by atoms with Gasteiger partial charge in [-0.05, 0) is 6.92 Å². The van der Waals surface area contributed by atoms with E-state index in [4.69, 9.17) is 14.9 Å². The number of aliphatic hydroxyl groups excluding tert-OH is 1. The van der Waals surface area contributed by atoms with Crippen LogP contribution in [0.5, 0.6) is 0 Å². The van der Waals surface area contributed by atoms with Gasteiger partial charge in [0.2, 0.25) is 0 Å². The molecule has 2 N–H and O–H groups in total. The number of aliphatic hydroxyl groups is 1. The number of hydrogen-bond acceptors (Lipinski definition) is 6. The van der Waals surface area contributed by atoms with Crippen LogP contribution in [0, 0.1) is 6.92 Å². The van der Waals surface area contributed by atoms with Crippen LogP contribution in [0.2, 0.25) is 0 Å². The number of ether oxygens (including phenoxy) is 1. The van der Waals surface area contributed by atoms with Gasteiger partial charge in [0.25, 0.3) is 0 Å². The molecule has 1 fully saturated rings. The van der Waals surface area contributed by atoms with Crippen molar-refractivity contribution in [1.82, 2.24) is 4.98 Å². The number of thiazole rings is 1. The average Bonchev–Trinajstić information content (AvgIpc) is 2.71. The maximum absolute atomic E-state index is 10.9. The molecule has 0 amide bonds. The first-order chi connectivity index (χ1) is 8.11. The summed E-state index contributed by atoms with van der Waals surface area (Å²) >= 11 is 1.16. The first-order valence-corrected chi connectivity index (χ1v) is 6.11. The second kappa shape index (κ2) is 4.99. The molecule has 0 spiro atoms. The minimum Gasteiger partial charge on any atom is -0.477 e. The van der Waals surface area contributed by atoms with Gasteiger partial charge in [0.1, 0.15) is 4.88 Å². The summed E-state index contributed by atoms with van der Waals surface area (Å²) in [6.45, 7) is 3.39. The Kier molecular flexibility index (Phi) is 3.60. The third-order valence-electron chi connectivity index (χ3n) is 2.59. The van der Waals surface area contributed by atoms with Crippen molar-refractivity contribution in [2.75, 3.05) is 31.2 Å². The van der Waals surface area contributed by atoms with Crippen molar-refractivity contribution < 1.29 is 19.7 Å². The predicted molar refractivity (Wildman–Crippen MR) is 62.8 cm³/mol. The lowest BCUT2D eigenvalue weighted by atomic mass is 10.3. The van der Waals surface area contributed by atoms with Crippen LogP contribution >= 0.6 is 11.3 Å². The second-order valence-electron chi connectivity index (χ2n) is 3.84. The van der Waals surface area contributed by atoms with Crippen LogP contribution in [-0.4, -0.2) is 53.6 Å². The first-order valence-electron chi connectivity index (χ1n) is 5.30. The molecule has 7 heteroatoms. The van der Waals surface area contributed by atoms with Crippen LogP contribution < -0.4 is 4.90 Å². The number of nitrogens with zero attached hydrogens (tertiary/aromatic N) is 2. The van der Waals surface area contributed by atoms with E-state index in [9.17, 15) is 4.79 Å². The van der Waals surface area contributed by atoms with E-state index in [2.05, 4.69) is 4.98 Å². The zero-order chi connectivity index (χ0) is 12.4. The molecule has 0 bridgehead atoms. The van der Waals surface area contributed by atoms with E-state index >= 15 is 0 Å². The average molecular weight is 258 g/mol. The quantitative estimate of drug-likeness (QED) is 0.814. The number of carbonyl (C=O) groups is 1. The van der Waals surface area contributed by atoms with Crippen molar-refractivity contribution in [1.29, 1.82) is 0 Å². The summed E-state index contributed by atoms with van der Waals surface area (Å²) in [4.78, 5) is 17.4. The van der Waals surface area contributed by atoms with Crippen molar-refractivity contribution in [2.45, 2.75) is 13.0 Å². The molecule has 17 heavy (non-hydrogen) atoms. The van der Waals surface area contributed by atoms with Gasteiger partial charge in [0.15, 0.2) is 5.13 Å². The molecule has 0 aliphatic carbocycles. The zero-order valence-corrected chi connectivity index (χ0v) is 10.2. The normalized spacial score (nSPS) is 20.6. The molecule has 1 aromatic rings. The van der Waals surface area contributed by atoms with E-state index in [1.165, 1.54) is 0 Å². The fourth-order valence-corrected chi connectivity index (χ4v) is 2.66. The summed E-state index contributed by atoms with van der Waals surface area (Å²) in [5.74, 6) is -0.946. The largest absolute Gasteiger partial charge is 0.477 e. The Labute approximate surface area is 102 Å². The Hall–Kier alpha value is -1.18. The van der Waals surface area contributed by atoms with Gasteiger partial charge in [0.05, 0.1) is 25.0 Å². The van der Waals surface area contributed by atoms with Crippen molar-refractivity contribution in [3.8, 4) is 0 Å². The van der Waals surface area contributed by atoms with E-state index in [-0.39, 0.29) is 17.6 Å². The lowest BCUT2D eigenvalue weighted by Gasteiger charge is -2.31. The SMILES string of the molecule is Cc1nc(N2CCOC(CO)C2)sc1C(=O)O. The highest BCUT2D eigenvalue weighted by Gasteiger charge is 2.24. The fourth-order valence-electron chi connectivity index (χ4n) is 1.72. The number of hydrogen-bond donors (Lipinski definition) is 2. The van der Waals surface area contributed by atoms with Crippen LogP contribution in [0.25, 0.3) is 0 Å². The van der Waals surface area contributed by atoms with E-state index in [1.54, 1.807) is 6.92 Å². The molecule has 0 radical (unpaired) electrons. The highest BCUT2D eigenvalue weighted by atomic mass is 32.1. The van der Waals surface area contributed by atoms with Crippen LogP contribution in [0.3, 0.4) is 0 Å². The van der Waals surface area contributed by atoms with E-state index in [0.29, 0.717) is 30.5 Å². The van der Waals surface area contributed by atoms with Crippen molar-refractivity contribution in [2.24, 2.45) is 0 Å². The predicted octanol–water partition coefficient (Wildman–Crippen LogP) is 0.347. The summed E-state index contributed by atoms with van der Waals surface area (Å²) in [6, 6.07) is 0. The first kappa shape index (κ1) is 12.3. The maximum atomic E-state index is 10.9. The molecule has 6 nitrogen and oxygen atoms in total. The van der Waals surface area contributed by atoms with E-state index < -0.39 is 5.97 Å². The lowest BCUT2D eigenvalue weighted by Crippen LogP contribution is -2.44. The van der Waals surface area contributed by atoms with Crippen molar-refractivity contribution >= 4 is 22.4 Å². The fraction of sp³-hybridized carbons (Fsp3) is 0.600. The smallest absolute Gasteiger partial charge is 0.347 e. The van der Waals surface area contributed by atoms with Gasteiger partial charge >= 0.3 is 5.97 Å². The molecule has 1 aromatic heterocycles. The Morgan fingerprint density at radius 2 is 2.47 bits per heavy atom. The minimum absolute atomic E-state index is 0.0351. The summed E-state index contributed by atoms with van der Waals surface area (Å²) in [5, 5.41) is 18.7. The number of anilines is 1. The minimum atomic E-state index is -0.946. The molecule has 1 saturated heterocycles. The van der Waals surface area contributed by atoms with Gasteiger partial charge in [-0.15, -0.1) is 0 Å². The molecule has 1 atom stereocenters. The zero-order valence-electron chi connectivity index (χ0n) is 9.42. The van der Waals surface area contributed by atoms with Gasteiger partial charge in [-0.1, -0.05) is 11.3 Å². The Morgan fingerprint density at radius 1 is 1.71 bits per heavy atom. The number of aromatic nitrogens is 1. The third-order valence-corrected chi connectivity index (χ3v) is 3.80. The highest BCUT2D eigenvalue weighted by molar-refractivity contribution is 7.17. The number of rotatable bonds is 3. The van der Waals surface area contributed by atoms with Crippen molar-refractivity contribution in [3.05, 3.63) is 10.6 Å². The summed E-state index contributed by atoms with van der Waals surface area (Å²) in [7, 11) is 0. The monoisotopic (exact) mass is 258 g/mol. The van der Waals surface area contributed by atoms with Crippen LogP contribution in [0.1, 0.15) is 15.4 Å². The molecule has 0 saturated carbocycles. The summed E-state index contributed by atoms with van der Waals surface area (Å²) in [6.07, 6.45) is -0.221. The molecule has 1 unspecified atom stereocenters. The summed E-state index contributed by atoms with van der Waals surface area (Å²) < 4.78 is 5.33. The van der Waals surface area contributed by atoms with E-state index in [1.807, 2.05) is 4.90 Å². The van der Waals surface area contributed by atoms with Crippen LogP contribution in [0.4, 0.5) is 5.13 Å². The highest BCUT2D eigenvalue weighted by Crippen LogP contribution is 2.27. The number of aryl methyl sites for hydroxylation is 1. The summed E-state index contributed by atoms with van der Waals surface area (Å²) in [5.41, 5.74) is 0.532. The van der Waals surface area contributed by atoms with Gasteiger partial charge in [-0.25, -0.2) is 9.78 Å². The molecule has 94 valence electrons. The molecule has 2 rings (SSSR count). The van der Waals surface area contributed by atoms with Gasteiger partial charge in [-0.2, -0.15) is 0 Å². The Bertz CT molecular complexity index is 420. The van der Waals surface area contributed by atoms with Gasteiger partial charge < -0.3 is 19.8 Å². The standard InChI is InChI=1S/C10H14N2O4S/c1-6-8(9(14)15)17-10(11-6)12-2-3-16-7(4-12)5-13/h7,13H,2-5H2,1H3,(H,14,15). The molecule has 1 aliphatic rings. The Balaban J connectivity index is 2.16. The number of morpholine rings is 1. The van der Waals surface area contributed by atoms with E-state index in [0.717, 1.165) is 11.3 Å². The number of carboxylic acid groups (broad SMARTS) is 1. The molecule has 2 heterocycles. The van der Waals surface area contributed by atoms with Crippen LogP contribution in [-0.2, 0) is 4.74 Å². The van der Waals surface area contributed by atoms with Crippen LogP contribution in [0.15, 0.2) is 0 Å². The van der Waals surface area contributed by atoms with Gasteiger partial charge in [0, 0.05) is 13.1 Å². The second-order valence-corrected chi connectivity index (χ2v) is 4.82. The topological polar surface area (TPSA) is 82.9 Å². The maximum Gasteiger partial charge on any atom is 0.347 e. The van der Waals surface area contributed by atoms with Crippen molar-refractivity contribution in [3.63, 3.8) is 0 Å². The third kappa shape index (κ3) is 2.56. The lowest BCUT2D eigenvalue weighted by molar-refractivity contribution is 0.00355. The van der Waals surface area contributed by atoms with Gasteiger partial charge in [-0.3, -0.25) is 0 Å². The number of carboxylic acids is 1. The molecular formula is C10H14N2O4S. The molecule has 1 aliphatic heterocycles. The Morgan fingerprint density at radius 3 is 3.06 bits per heavy atom. The molecular weight excluding hydrogens is 244 g/mol.